The van der Waals surface area contributed by atoms with Gasteiger partial charge in [0.2, 0.25) is 5.91 Å². The van der Waals surface area contributed by atoms with Crippen LogP contribution >= 0.6 is 0 Å². The van der Waals surface area contributed by atoms with Crippen LogP contribution < -0.4 is 5.32 Å². The molecule has 0 aliphatic carbocycles. The van der Waals surface area contributed by atoms with E-state index in [4.69, 9.17) is 0 Å². The van der Waals surface area contributed by atoms with E-state index in [1.54, 1.807) is 7.05 Å². The average Bonchev–Trinajstić information content (AvgIpc) is 2.87. The molecule has 1 fully saturated rings. The Morgan fingerprint density at radius 1 is 1.42 bits per heavy atom. The maximum absolute atomic E-state index is 11.8. The van der Waals surface area contributed by atoms with Gasteiger partial charge in [0.1, 0.15) is 0 Å². The van der Waals surface area contributed by atoms with Crippen molar-refractivity contribution in [3.8, 4) is 0 Å². The SMILES string of the molecule is CNC(=O)C1CCCN1CC(C)=Cc1ccccc1. The number of hydrogen-bond acceptors (Lipinski definition) is 2. The Hall–Kier alpha value is -1.61. The smallest absolute Gasteiger partial charge is 0.237 e. The maximum Gasteiger partial charge on any atom is 0.237 e. The van der Waals surface area contributed by atoms with Gasteiger partial charge in [-0.2, -0.15) is 0 Å². The molecule has 0 bridgehead atoms. The van der Waals surface area contributed by atoms with Gasteiger partial charge in [0.05, 0.1) is 6.04 Å². The van der Waals surface area contributed by atoms with Gasteiger partial charge in [0.25, 0.3) is 0 Å². The van der Waals surface area contributed by atoms with E-state index in [0.29, 0.717) is 0 Å². The lowest BCUT2D eigenvalue weighted by Crippen LogP contribution is -2.42. The zero-order chi connectivity index (χ0) is 13.7. The van der Waals surface area contributed by atoms with E-state index in [9.17, 15) is 4.79 Å². The predicted molar refractivity (Wildman–Crippen MR) is 78.8 cm³/mol. The highest BCUT2D eigenvalue weighted by Crippen LogP contribution is 2.19. The van der Waals surface area contributed by atoms with Crippen LogP contribution in [0.5, 0.6) is 0 Å². The number of carbonyl (C=O) groups is 1. The van der Waals surface area contributed by atoms with Crippen molar-refractivity contribution in [2.24, 2.45) is 0 Å². The lowest BCUT2D eigenvalue weighted by Gasteiger charge is -2.23. The van der Waals surface area contributed by atoms with Gasteiger partial charge in [0.15, 0.2) is 0 Å². The topological polar surface area (TPSA) is 32.3 Å². The van der Waals surface area contributed by atoms with Crippen molar-refractivity contribution in [1.29, 1.82) is 0 Å². The Balaban J connectivity index is 2.00. The van der Waals surface area contributed by atoms with Crippen molar-refractivity contribution in [3.63, 3.8) is 0 Å². The second kappa shape index (κ2) is 6.53. The fourth-order valence-electron chi connectivity index (χ4n) is 2.68. The summed E-state index contributed by atoms with van der Waals surface area (Å²) in [5.74, 6) is 0.144. The maximum atomic E-state index is 11.8. The second-order valence-corrected chi connectivity index (χ2v) is 5.14. The third kappa shape index (κ3) is 3.67. The van der Waals surface area contributed by atoms with Crippen LogP contribution in [0, 0.1) is 0 Å². The number of likely N-dealkylation sites (N-methyl/N-ethyl adjacent to an activating group) is 1. The van der Waals surface area contributed by atoms with Crippen molar-refractivity contribution < 1.29 is 4.79 Å². The van der Waals surface area contributed by atoms with Crippen LogP contribution in [0.15, 0.2) is 35.9 Å². The van der Waals surface area contributed by atoms with Crippen LogP contribution in [-0.4, -0.2) is 37.0 Å². The number of nitrogens with one attached hydrogen (secondary N) is 1. The predicted octanol–water partition coefficient (Wildman–Crippen LogP) is 2.30. The van der Waals surface area contributed by atoms with Crippen LogP contribution in [0.3, 0.4) is 0 Å². The Bertz CT molecular complexity index is 453. The summed E-state index contributed by atoms with van der Waals surface area (Å²) in [6, 6.07) is 10.4. The third-order valence-electron chi connectivity index (χ3n) is 3.58. The van der Waals surface area contributed by atoms with Gasteiger partial charge in [-0.25, -0.2) is 0 Å². The molecular weight excluding hydrogens is 236 g/mol. The van der Waals surface area contributed by atoms with Gasteiger partial charge < -0.3 is 5.32 Å². The monoisotopic (exact) mass is 258 g/mol. The number of likely N-dealkylation sites (tertiary alicyclic amines) is 1. The van der Waals surface area contributed by atoms with Crippen LogP contribution in [0.2, 0.25) is 0 Å². The number of amides is 1. The van der Waals surface area contributed by atoms with Crippen molar-refractivity contribution in [2.45, 2.75) is 25.8 Å². The molecule has 1 aliphatic heterocycles. The molecule has 1 aromatic rings. The Morgan fingerprint density at radius 2 is 2.16 bits per heavy atom. The molecule has 1 unspecified atom stereocenters. The molecular formula is C16H22N2O. The van der Waals surface area contributed by atoms with Gasteiger partial charge in [-0.3, -0.25) is 9.69 Å². The molecule has 3 heteroatoms. The number of nitrogens with zero attached hydrogens (tertiary/aromatic N) is 1. The highest BCUT2D eigenvalue weighted by atomic mass is 16.2. The third-order valence-corrected chi connectivity index (χ3v) is 3.58. The van der Waals surface area contributed by atoms with Gasteiger partial charge >= 0.3 is 0 Å². The van der Waals surface area contributed by atoms with Crippen LogP contribution in [0.25, 0.3) is 6.08 Å². The second-order valence-electron chi connectivity index (χ2n) is 5.14. The largest absolute Gasteiger partial charge is 0.358 e. The zero-order valence-electron chi connectivity index (χ0n) is 11.7. The van der Waals surface area contributed by atoms with Gasteiger partial charge in [-0.05, 0) is 31.9 Å². The normalized spacial score (nSPS) is 20.5. The van der Waals surface area contributed by atoms with Crippen molar-refractivity contribution in [1.82, 2.24) is 10.2 Å². The van der Waals surface area contributed by atoms with Gasteiger partial charge in [-0.15, -0.1) is 0 Å². The molecule has 19 heavy (non-hydrogen) atoms. The molecule has 1 saturated heterocycles. The van der Waals surface area contributed by atoms with E-state index < -0.39 is 0 Å². The quantitative estimate of drug-likeness (QED) is 0.898. The minimum atomic E-state index is 0.0455. The highest BCUT2D eigenvalue weighted by molar-refractivity contribution is 5.81. The molecule has 3 nitrogen and oxygen atoms in total. The average molecular weight is 258 g/mol. The van der Waals surface area contributed by atoms with Crippen molar-refractivity contribution >= 4 is 12.0 Å². The van der Waals surface area contributed by atoms with E-state index in [2.05, 4.69) is 35.3 Å². The summed E-state index contributed by atoms with van der Waals surface area (Å²) < 4.78 is 0. The van der Waals surface area contributed by atoms with Crippen molar-refractivity contribution in [3.05, 3.63) is 41.5 Å². The summed E-state index contributed by atoms with van der Waals surface area (Å²) >= 11 is 0. The van der Waals surface area contributed by atoms with Gasteiger partial charge in [-0.1, -0.05) is 42.0 Å². The molecule has 0 radical (unpaired) electrons. The molecule has 1 heterocycles. The molecule has 2 rings (SSSR count). The molecule has 1 amide bonds. The molecule has 1 N–H and O–H groups in total. The molecule has 102 valence electrons. The fraction of sp³-hybridized carbons (Fsp3) is 0.438. The minimum absolute atomic E-state index is 0.0455. The van der Waals surface area contributed by atoms with Crippen molar-refractivity contribution in [2.75, 3.05) is 20.1 Å². The molecule has 1 aliphatic rings. The lowest BCUT2D eigenvalue weighted by atomic mass is 10.1. The Kier molecular flexibility index (Phi) is 4.74. The van der Waals surface area contributed by atoms with Crippen LogP contribution in [0.1, 0.15) is 25.3 Å². The summed E-state index contributed by atoms with van der Waals surface area (Å²) in [5.41, 5.74) is 2.51. The van der Waals surface area contributed by atoms with E-state index in [1.807, 2.05) is 18.2 Å². The molecule has 0 spiro atoms. The lowest BCUT2D eigenvalue weighted by molar-refractivity contribution is -0.124. The first kappa shape index (κ1) is 13.8. The number of rotatable bonds is 4. The summed E-state index contributed by atoms with van der Waals surface area (Å²) in [4.78, 5) is 14.1. The van der Waals surface area contributed by atoms with E-state index in [1.165, 1.54) is 11.1 Å². The number of benzene rings is 1. The number of hydrogen-bond donors (Lipinski definition) is 1. The highest BCUT2D eigenvalue weighted by Gasteiger charge is 2.29. The first-order chi connectivity index (χ1) is 9.20. The first-order valence-corrected chi connectivity index (χ1v) is 6.88. The minimum Gasteiger partial charge on any atom is -0.358 e. The number of carbonyl (C=O) groups excluding carboxylic acids is 1. The summed E-state index contributed by atoms with van der Waals surface area (Å²) in [6.07, 6.45) is 4.27. The molecule has 1 aromatic carbocycles. The molecule has 0 aromatic heterocycles. The molecule has 1 atom stereocenters. The van der Waals surface area contributed by atoms with Gasteiger partial charge in [0, 0.05) is 13.6 Å². The summed E-state index contributed by atoms with van der Waals surface area (Å²) in [6.45, 7) is 4.01. The summed E-state index contributed by atoms with van der Waals surface area (Å²) in [5, 5.41) is 2.76. The first-order valence-electron chi connectivity index (χ1n) is 6.88. The van der Waals surface area contributed by atoms with E-state index in [-0.39, 0.29) is 11.9 Å². The Morgan fingerprint density at radius 3 is 2.84 bits per heavy atom. The van der Waals surface area contributed by atoms with E-state index in [0.717, 1.165) is 25.9 Å². The van der Waals surface area contributed by atoms with Crippen LogP contribution in [-0.2, 0) is 4.79 Å². The Labute approximate surface area is 115 Å². The zero-order valence-corrected chi connectivity index (χ0v) is 11.7. The van der Waals surface area contributed by atoms with E-state index >= 15 is 0 Å². The fourth-order valence-corrected chi connectivity index (χ4v) is 2.68. The van der Waals surface area contributed by atoms with Crippen LogP contribution in [0.4, 0.5) is 0 Å². The summed E-state index contributed by atoms with van der Waals surface area (Å²) in [7, 11) is 1.71. The molecule has 0 saturated carbocycles. The standard InChI is InChI=1S/C16H22N2O/c1-13(11-14-7-4-3-5-8-14)12-18-10-6-9-15(18)16(19)17-2/h3-5,7-8,11,15H,6,9-10,12H2,1-2H3,(H,17,19).